The van der Waals surface area contributed by atoms with Gasteiger partial charge in [-0.3, -0.25) is 0 Å². The zero-order valence-electron chi connectivity index (χ0n) is 41.2. The first kappa shape index (κ1) is 48.9. The first-order valence-electron chi connectivity index (χ1n) is 24.7. The van der Waals surface area contributed by atoms with E-state index in [9.17, 15) is 10.2 Å². The number of rotatable bonds is 22. The van der Waals surface area contributed by atoms with Crippen molar-refractivity contribution in [3.8, 4) is 45.3 Å². The average molecular weight is 961 g/mol. The van der Waals surface area contributed by atoms with E-state index >= 15 is 0 Å². The topological polar surface area (TPSA) is 133 Å². The van der Waals surface area contributed by atoms with Crippen LogP contribution in [0.1, 0.15) is 61.1 Å². The molecule has 7 aromatic rings. The quantitative estimate of drug-likeness (QED) is 0.0507. The van der Waals surface area contributed by atoms with Gasteiger partial charge < -0.3 is 39.0 Å². The highest BCUT2D eigenvalue weighted by atomic mass is 16.5. The van der Waals surface area contributed by atoms with Gasteiger partial charge >= 0.3 is 0 Å². The molecule has 2 aliphatic rings. The van der Waals surface area contributed by atoms with Crippen molar-refractivity contribution in [2.75, 3.05) is 62.4 Å². The van der Waals surface area contributed by atoms with E-state index < -0.39 is 12.2 Å². The molecule has 0 aromatic heterocycles. The highest BCUT2D eigenvalue weighted by Gasteiger charge is 2.25. The molecule has 2 atom stereocenters. The van der Waals surface area contributed by atoms with Crippen molar-refractivity contribution >= 4 is 35.2 Å². The number of anilines is 2. The number of aliphatic hydroxyl groups is 2. The summed E-state index contributed by atoms with van der Waals surface area (Å²) in [7, 11) is 0. The highest BCUT2D eigenvalue weighted by Crippen LogP contribution is 2.38. The molecular weight excluding hydrogens is 901 g/mol. The summed E-state index contributed by atoms with van der Waals surface area (Å²) in [5.74, 6) is 2.13. The van der Waals surface area contributed by atoms with Crippen LogP contribution in [0.3, 0.4) is 0 Å². The number of hydrogen-bond donors (Lipinski definition) is 2. The Morgan fingerprint density at radius 3 is 1.08 bits per heavy atom. The predicted molar refractivity (Wildman–Crippen MR) is 291 cm³/mol. The zero-order valence-corrected chi connectivity index (χ0v) is 41.2. The zero-order chi connectivity index (χ0) is 49.8. The van der Waals surface area contributed by atoms with Crippen LogP contribution in [0.15, 0.2) is 178 Å². The fourth-order valence-electron chi connectivity index (χ4n) is 9.09. The molecule has 2 N–H and O–H groups in total. The number of aliphatic hydroxyl groups excluding tert-OH is 2. The Labute approximate surface area is 421 Å². The summed E-state index contributed by atoms with van der Waals surface area (Å²) in [6.45, 7) is 11.6. The summed E-state index contributed by atoms with van der Waals surface area (Å²) in [5, 5.41) is 40.7. The van der Waals surface area contributed by atoms with Crippen LogP contribution in [0.25, 0.3) is 22.3 Å². The van der Waals surface area contributed by atoms with Gasteiger partial charge in [0.2, 0.25) is 0 Å². The van der Waals surface area contributed by atoms with Crippen LogP contribution >= 0.6 is 0 Å². The largest absolute Gasteiger partial charge is 0.491 e. The van der Waals surface area contributed by atoms with Crippen LogP contribution in [0.5, 0.6) is 23.0 Å². The van der Waals surface area contributed by atoms with Gasteiger partial charge in [-0.05, 0) is 86.3 Å². The first-order valence-corrected chi connectivity index (χ1v) is 24.7. The lowest BCUT2D eigenvalue weighted by Gasteiger charge is -2.23. The molecule has 0 fully saturated rings. The van der Waals surface area contributed by atoms with Gasteiger partial charge in [0.25, 0.3) is 0 Å². The van der Waals surface area contributed by atoms with E-state index in [2.05, 4.69) is 96.2 Å². The third-order valence-electron chi connectivity index (χ3n) is 12.8. The molecule has 72 heavy (non-hydrogen) atoms. The fraction of sp³-hybridized carbons (Fsp3) is 0.233. The highest BCUT2D eigenvalue weighted by molar-refractivity contribution is 6.25. The van der Waals surface area contributed by atoms with E-state index in [1.807, 2.05) is 84.9 Å². The van der Waals surface area contributed by atoms with Gasteiger partial charge in [-0.1, -0.05) is 103 Å². The second-order valence-electron chi connectivity index (χ2n) is 17.4. The summed E-state index contributed by atoms with van der Waals surface area (Å²) in [6.07, 6.45) is 1.47. The minimum Gasteiger partial charge on any atom is -0.491 e. The number of hydrogen-bond acceptors (Lipinski definition) is 12. The molecule has 12 heteroatoms. The molecule has 12 nitrogen and oxygen atoms in total. The van der Waals surface area contributed by atoms with Crippen LogP contribution in [0, 0.1) is 0 Å². The van der Waals surface area contributed by atoms with Gasteiger partial charge in [-0.2, -0.15) is 10.2 Å². The maximum absolute atomic E-state index is 11.1. The predicted octanol–water partition coefficient (Wildman–Crippen LogP) is 10.7. The van der Waals surface area contributed by atoms with Crippen molar-refractivity contribution in [1.82, 2.24) is 0 Å². The maximum Gasteiger partial charge on any atom is 0.130 e. The lowest BCUT2D eigenvalue weighted by atomic mass is 10.1. The Morgan fingerprint density at radius 1 is 0.403 bits per heavy atom. The Bertz CT molecular complexity index is 2820. The van der Waals surface area contributed by atoms with Crippen LogP contribution in [-0.2, 0) is 0 Å². The molecule has 0 saturated carbocycles. The Balaban J connectivity index is 0.807. The molecule has 0 amide bonds. The molecular formula is C60H60N6O6. The summed E-state index contributed by atoms with van der Waals surface area (Å²) in [6, 6.07) is 51.9. The van der Waals surface area contributed by atoms with Crippen LogP contribution in [0.4, 0.5) is 11.4 Å². The van der Waals surface area contributed by atoms with Gasteiger partial charge in [0.15, 0.2) is 0 Å². The van der Waals surface area contributed by atoms with Crippen molar-refractivity contribution in [1.29, 1.82) is 0 Å². The van der Waals surface area contributed by atoms with Crippen LogP contribution in [-0.4, -0.2) is 98.9 Å². The Morgan fingerprint density at radius 2 is 0.736 bits per heavy atom. The minimum absolute atomic E-state index is 0.0249. The molecule has 2 unspecified atom stereocenters. The summed E-state index contributed by atoms with van der Waals surface area (Å²) < 4.78 is 24.5. The standard InChI is InChI=1S/C60H60N6O6/c1-5-65(6-2)43-30-28-41(35-61-63-59-53-24-13-9-20-49(53)50-21-10-14-25-54(50)59)57(32-43)71-39-45(67)37-69-47-18-17-19-48(34-47)70-38-46(68)40-72-58-33-44(66(7-3)8-4)31-29-42(58)36-62-64-60-55-26-15-11-22-51(55)52-23-12-16-27-56(52)60/h9-36,45-46,67-68H,5-8,37-40H2,1-4H3/b61-35+,62-36+. The monoisotopic (exact) mass is 960 g/mol. The molecule has 0 radical (unpaired) electrons. The van der Waals surface area contributed by atoms with Crippen molar-refractivity contribution in [2.24, 2.45) is 20.4 Å². The number of benzene rings is 7. The lowest BCUT2D eigenvalue weighted by molar-refractivity contribution is 0.0600. The molecule has 0 spiro atoms. The Kier molecular flexibility index (Phi) is 15.8. The van der Waals surface area contributed by atoms with E-state index in [0.717, 1.165) is 105 Å². The van der Waals surface area contributed by atoms with Crippen molar-refractivity contribution in [3.63, 3.8) is 0 Å². The summed E-state index contributed by atoms with van der Waals surface area (Å²) in [4.78, 5) is 4.46. The van der Waals surface area contributed by atoms with Gasteiger partial charge in [0.1, 0.15) is 73.1 Å². The second kappa shape index (κ2) is 23.2. The van der Waals surface area contributed by atoms with E-state index in [-0.39, 0.29) is 26.4 Å². The first-order chi connectivity index (χ1) is 35.3. The SMILES string of the molecule is CCN(CC)c1ccc(/C=N/N=C2c3ccccc3-c3ccccc32)c(OCC(O)COc2cccc(OCC(O)COc3cc(N(CC)CC)ccc3/C=N/N=C3c4ccccc4-c4ccccc43)c2)c1. The molecule has 0 saturated heterocycles. The molecule has 0 bridgehead atoms. The molecule has 2 aliphatic carbocycles. The normalized spacial score (nSPS) is 13.0. The summed E-state index contributed by atoms with van der Waals surface area (Å²) in [5.41, 5.74) is 13.8. The van der Waals surface area contributed by atoms with Crippen LogP contribution in [0.2, 0.25) is 0 Å². The number of fused-ring (bicyclic) bond motifs is 6. The smallest absolute Gasteiger partial charge is 0.130 e. The van der Waals surface area contributed by atoms with Gasteiger partial charge in [-0.25, -0.2) is 0 Å². The van der Waals surface area contributed by atoms with Crippen molar-refractivity contribution in [3.05, 3.63) is 191 Å². The van der Waals surface area contributed by atoms with E-state index in [1.54, 1.807) is 36.7 Å². The van der Waals surface area contributed by atoms with Crippen LogP contribution < -0.4 is 28.7 Å². The lowest BCUT2D eigenvalue weighted by Crippen LogP contribution is -2.26. The van der Waals surface area contributed by atoms with Crippen molar-refractivity contribution < 1.29 is 29.2 Å². The Hall–Kier alpha value is -8.06. The number of nitrogens with zero attached hydrogens (tertiary/aromatic N) is 6. The maximum atomic E-state index is 11.1. The van der Waals surface area contributed by atoms with E-state index in [0.29, 0.717) is 23.0 Å². The fourth-order valence-corrected chi connectivity index (χ4v) is 9.09. The molecule has 0 aliphatic heterocycles. The van der Waals surface area contributed by atoms with Gasteiger partial charge in [-0.15, -0.1) is 10.2 Å². The van der Waals surface area contributed by atoms with E-state index in [1.165, 1.54) is 0 Å². The molecule has 0 heterocycles. The molecule has 366 valence electrons. The molecule has 9 rings (SSSR count). The van der Waals surface area contributed by atoms with Gasteiger partial charge in [0, 0.05) is 89.1 Å². The summed E-state index contributed by atoms with van der Waals surface area (Å²) >= 11 is 0. The van der Waals surface area contributed by atoms with Crippen molar-refractivity contribution in [2.45, 2.75) is 39.9 Å². The minimum atomic E-state index is -0.957. The third kappa shape index (κ3) is 11.1. The average Bonchev–Trinajstić information content (AvgIpc) is 3.92. The van der Waals surface area contributed by atoms with Gasteiger partial charge in [0.05, 0.1) is 12.4 Å². The third-order valence-corrected chi connectivity index (χ3v) is 12.8. The van der Waals surface area contributed by atoms with E-state index in [4.69, 9.17) is 29.2 Å². The second-order valence-corrected chi connectivity index (χ2v) is 17.4. The molecule has 7 aromatic carbocycles. The number of ether oxygens (including phenoxy) is 4.